The maximum Gasteiger partial charge on any atom is 0.306 e. The molecule has 496 valence electrons. The number of carboxylic acids is 1. The number of oxime groups is 1. The Kier molecular flexibility index (Phi) is 33.6. The van der Waals surface area contributed by atoms with Crippen molar-refractivity contribution in [3.05, 3.63) is 216 Å². The highest BCUT2D eigenvalue weighted by atomic mass is 79.9. The Morgan fingerprint density at radius 3 is 1.27 bits per heavy atom. The van der Waals surface area contributed by atoms with Gasteiger partial charge in [0, 0.05) is 70.5 Å². The van der Waals surface area contributed by atoms with Crippen LogP contribution in [0.15, 0.2) is 173 Å². The number of aromatic nitrogens is 4. The van der Waals surface area contributed by atoms with E-state index in [1.165, 1.54) is 88.5 Å². The molecule has 14 nitrogen and oxygen atoms in total. The number of nitrogens with two attached hydrogens (primary N) is 1. The Labute approximate surface area is 589 Å². The molecule has 13 rings (SSSR count). The van der Waals surface area contributed by atoms with E-state index in [1.807, 2.05) is 72.8 Å². The summed E-state index contributed by atoms with van der Waals surface area (Å²) in [4.78, 5) is 43.3. The molecule has 0 radical (unpaired) electrons. The normalized spacial score (nSPS) is 15.1. The van der Waals surface area contributed by atoms with Gasteiger partial charge in [0.2, 0.25) is 33.9 Å². The van der Waals surface area contributed by atoms with E-state index in [2.05, 4.69) is 95.8 Å². The summed E-state index contributed by atoms with van der Waals surface area (Å²) in [6.07, 6.45) is 27.5. The molecule has 21 heteroatoms. The van der Waals surface area contributed by atoms with E-state index in [1.54, 1.807) is 48.5 Å². The third kappa shape index (κ3) is 27.8. The molecule has 8 aromatic rings. The predicted molar refractivity (Wildman–Crippen MR) is 379 cm³/mol. The molecule has 6 aromatic carbocycles. The van der Waals surface area contributed by atoms with Crippen molar-refractivity contribution in [1.82, 2.24) is 20.3 Å². The zero-order valence-electron chi connectivity index (χ0n) is 52.3. The number of amidine groups is 1. The van der Waals surface area contributed by atoms with Crippen LogP contribution in [0.2, 0.25) is 0 Å². The summed E-state index contributed by atoms with van der Waals surface area (Å²) in [6, 6.07) is 42.3. The minimum absolute atomic E-state index is 0.0185. The molecule has 5 aliphatic rings. The minimum atomic E-state index is -0.609. The monoisotopic (exact) mass is 1520 g/mol. The van der Waals surface area contributed by atoms with E-state index in [9.17, 15) is 23.2 Å². The summed E-state index contributed by atoms with van der Waals surface area (Å²) in [6.45, 7) is 6.62. The first-order valence-corrected chi connectivity index (χ1v) is 34.6. The second-order valence-electron chi connectivity index (χ2n) is 22.8. The zero-order chi connectivity index (χ0) is 68.3. The summed E-state index contributed by atoms with van der Waals surface area (Å²) in [7, 11) is 0. The lowest BCUT2D eigenvalue weighted by Gasteiger charge is -1.99. The summed E-state index contributed by atoms with van der Waals surface area (Å²) >= 11 is 20.4. The Hall–Kier alpha value is -7.83. The van der Waals surface area contributed by atoms with Crippen molar-refractivity contribution in [3.8, 4) is 47.0 Å². The van der Waals surface area contributed by atoms with Crippen molar-refractivity contribution >= 4 is 99.0 Å². The van der Waals surface area contributed by atoms with Crippen molar-refractivity contribution in [2.45, 2.75) is 140 Å². The van der Waals surface area contributed by atoms with Crippen LogP contribution in [0.4, 0.5) is 14.5 Å². The molecule has 2 aromatic heterocycles. The molecule has 0 unspecified atom stereocenters. The molecular formula is C74H74Br3Cl2F2N7O7. The number of rotatable bonds is 8. The van der Waals surface area contributed by atoms with Crippen molar-refractivity contribution < 1.29 is 42.5 Å². The Balaban J connectivity index is 0.000000180. The highest BCUT2D eigenvalue weighted by Crippen LogP contribution is 2.36. The number of carboxylic acid groups (broad SMARTS) is 1. The fourth-order valence-electron chi connectivity index (χ4n) is 10.6. The van der Waals surface area contributed by atoms with Crippen molar-refractivity contribution in [1.29, 1.82) is 0 Å². The maximum absolute atomic E-state index is 13.2. The quantitative estimate of drug-likeness (QED) is 0.0247. The van der Waals surface area contributed by atoms with Gasteiger partial charge in [0.05, 0.1) is 12.5 Å². The lowest BCUT2D eigenvalue weighted by molar-refractivity contribution is -0.141. The topological polar surface area (TPSA) is 212 Å². The average Bonchev–Trinajstić information content (AvgIpc) is 1.76. The van der Waals surface area contributed by atoms with Gasteiger partial charge in [-0.05, 0) is 184 Å². The van der Waals surface area contributed by atoms with Gasteiger partial charge in [-0.25, -0.2) is 13.6 Å². The van der Waals surface area contributed by atoms with Crippen LogP contribution in [0.5, 0.6) is 0 Å². The molecule has 4 N–H and O–H groups in total. The molecule has 0 aliphatic heterocycles. The second kappa shape index (κ2) is 41.9. The van der Waals surface area contributed by atoms with E-state index < -0.39 is 5.97 Å². The van der Waals surface area contributed by atoms with Gasteiger partial charge in [-0.2, -0.15) is 9.97 Å². The third-order valence-corrected chi connectivity index (χ3v) is 18.2. The zero-order valence-corrected chi connectivity index (χ0v) is 58.6. The van der Waals surface area contributed by atoms with Gasteiger partial charge in [-0.15, -0.1) is 6.42 Å². The average molecular weight is 1520 g/mol. The molecule has 95 heavy (non-hydrogen) atoms. The highest BCUT2D eigenvalue weighted by molar-refractivity contribution is 9.11. The number of hydrogen-bond donors (Lipinski definition) is 3. The van der Waals surface area contributed by atoms with Crippen molar-refractivity contribution in [2.75, 3.05) is 0 Å². The van der Waals surface area contributed by atoms with E-state index in [4.69, 9.17) is 61.3 Å². The van der Waals surface area contributed by atoms with E-state index in [0.717, 1.165) is 106 Å². The Morgan fingerprint density at radius 2 is 0.916 bits per heavy atom. The fourth-order valence-corrected chi connectivity index (χ4v) is 11.9. The lowest BCUT2D eigenvalue weighted by atomic mass is 10.1. The molecule has 2 heterocycles. The van der Waals surface area contributed by atoms with Crippen molar-refractivity contribution in [3.63, 3.8) is 0 Å². The van der Waals surface area contributed by atoms with Gasteiger partial charge in [0.25, 0.3) is 0 Å². The first-order valence-electron chi connectivity index (χ1n) is 31.4. The molecule has 0 atom stereocenters. The van der Waals surface area contributed by atoms with Crippen molar-refractivity contribution in [2.24, 2.45) is 28.6 Å². The Morgan fingerprint density at radius 1 is 0.547 bits per heavy atom. The van der Waals surface area contributed by atoms with Gasteiger partial charge in [-0.1, -0.05) is 194 Å². The van der Waals surface area contributed by atoms with Crippen LogP contribution in [0.1, 0.15) is 174 Å². The van der Waals surface area contributed by atoms with Crippen LogP contribution in [-0.4, -0.2) is 52.9 Å². The lowest BCUT2D eigenvalue weighted by Crippen LogP contribution is -2.12. The van der Waals surface area contributed by atoms with E-state index >= 15 is 0 Å². The molecular weight excluding hydrogens is 1450 g/mol. The maximum atomic E-state index is 13.2. The summed E-state index contributed by atoms with van der Waals surface area (Å²) in [5.74, 6) is 11.4. The van der Waals surface area contributed by atoms with Crippen LogP contribution < -0.4 is 5.73 Å². The first kappa shape index (κ1) is 76.2. The van der Waals surface area contributed by atoms with Crippen LogP contribution >= 0.6 is 71.0 Å². The SMILES string of the molecule is Brc1ccc(-c2noc(C3CCCC3)n2)cc1.C#Cc1cccc(F)c1.Fc1cccc(C#Cc2ccc(-c3noc(C4CCCC4)n3)cc2)c1.N/C(=N\O)c1ccc(Br)cc1.O=C(Cl)C1CCCC1.O=C(Cl)C1CCCC1.O=C(O)C1CCCC1.[C-]#[N+]c1ccc(Br)cc1. The molecule has 0 saturated heterocycles. The molecule has 5 fully saturated rings. The number of nitrogens with zero attached hydrogens (tertiary/aromatic N) is 6. The number of aliphatic carboxylic acids is 1. The molecule has 5 saturated carbocycles. The number of hydrogen-bond acceptors (Lipinski definition) is 11. The van der Waals surface area contributed by atoms with Gasteiger partial charge < -0.3 is 25.1 Å². The summed E-state index contributed by atoms with van der Waals surface area (Å²) in [5, 5.41) is 27.5. The fraction of sp³-hybridized carbons (Fsp3) is 0.338. The van der Waals surface area contributed by atoms with Crippen LogP contribution in [-0.2, 0) is 14.4 Å². The number of terminal acetylenes is 1. The Bertz CT molecular complexity index is 3780. The summed E-state index contributed by atoms with van der Waals surface area (Å²) in [5.41, 5.74) is 10.7. The predicted octanol–water partition coefficient (Wildman–Crippen LogP) is 20.6. The van der Waals surface area contributed by atoms with Gasteiger partial charge in [0.15, 0.2) is 11.5 Å². The standard InChI is InChI=1S/C21H17FN2O.C13H13BrN2O.C8H5F.C7H7BrN2O.C7H4BrN.2C6H9ClO.C6H10O2/c22-19-7-3-4-16(14-19)9-8-15-10-12-17(13-11-15)20-23-21(25-24-20)18-5-1-2-6-18;14-11-7-5-9(6-8-11)12-15-13(17-16-12)10-3-1-2-4-10;1-2-7-4-3-5-8(9)6-7;8-6-3-1-5(2-4-6)7(9)10-11;1-9-7-4-2-6(8)3-5-7;3*7-6(8)5-3-1-2-4-5/h3-4,7,10-14,18H,1-2,5-6H2;5-8,10H,1-4H2;1,3-6H;1-4,11H,(H2,9,10);2-5H;2*5H,1-4H2;5H,1-4H2,(H,7,8). The first-order chi connectivity index (χ1) is 45.9. The highest BCUT2D eigenvalue weighted by Gasteiger charge is 2.26. The van der Waals surface area contributed by atoms with Gasteiger partial charge in [0.1, 0.15) is 11.6 Å². The largest absolute Gasteiger partial charge is 0.481 e. The van der Waals surface area contributed by atoms with Crippen LogP contribution in [0, 0.1) is 60.1 Å². The number of carbonyl (C=O) groups excluding carboxylic acids is 2. The van der Waals surface area contributed by atoms with E-state index in [0.29, 0.717) is 45.9 Å². The van der Waals surface area contributed by atoms with Gasteiger partial charge >= 0.3 is 5.97 Å². The third-order valence-electron chi connectivity index (χ3n) is 16.0. The smallest absolute Gasteiger partial charge is 0.306 e. The number of benzene rings is 6. The minimum Gasteiger partial charge on any atom is -0.481 e. The second-order valence-corrected chi connectivity index (χ2v) is 26.3. The number of carbonyl (C=O) groups is 3. The molecule has 0 spiro atoms. The van der Waals surface area contributed by atoms with E-state index in [-0.39, 0.29) is 45.7 Å². The molecule has 0 bridgehead atoms. The molecule has 0 amide bonds. The molecule has 5 aliphatic carbocycles. The summed E-state index contributed by atoms with van der Waals surface area (Å²) < 4.78 is 39.2. The van der Waals surface area contributed by atoms with Gasteiger partial charge in [-0.3, -0.25) is 14.4 Å². The van der Waals surface area contributed by atoms with Crippen LogP contribution in [0.25, 0.3) is 27.6 Å². The number of halogens is 7. The van der Waals surface area contributed by atoms with Crippen LogP contribution in [0.3, 0.4) is 0 Å².